The summed E-state index contributed by atoms with van der Waals surface area (Å²) < 4.78 is 5.79. The van der Waals surface area contributed by atoms with Crippen LogP contribution in [0.3, 0.4) is 0 Å². The zero-order valence-electron chi connectivity index (χ0n) is 8.91. The van der Waals surface area contributed by atoms with Crippen molar-refractivity contribution in [3.63, 3.8) is 0 Å². The van der Waals surface area contributed by atoms with Gasteiger partial charge in [-0.1, -0.05) is 0 Å². The van der Waals surface area contributed by atoms with Crippen LogP contribution in [0.15, 0.2) is 41.0 Å². The fraction of sp³-hybridized carbons (Fsp3) is 0. The van der Waals surface area contributed by atoms with E-state index >= 15 is 0 Å². The van der Waals surface area contributed by atoms with E-state index in [4.69, 9.17) is 9.84 Å². The van der Waals surface area contributed by atoms with Crippen molar-refractivity contribution in [3.8, 4) is 17.4 Å². The Morgan fingerprint density at radius 3 is 2.61 bits per heavy atom. The maximum atomic E-state index is 10.8. The molecule has 0 bridgehead atoms. The zero-order chi connectivity index (χ0) is 13.1. The predicted molar refractivity (Wildman–Crippen MR) is 66.8 cm³/mol. The largest absolute Gasteiger partial charge is 0.508 e. The minimum Gasteiger partial charge on any atom is -0.508 e. The van der Waals surface area contributed by atoms with Gasteiger partial charge in [0.05, 0.1) is 4.92 Å². The van der Waals surface area contributed by atoms with Gasteiger partial charge in [0.25, 0.3) is 5.88 Å². The van der Waals surface area contributed by atoms with Crippen LogP contribution in [0.2, 0.25) is 0 Å². The number of halogens is 1. The van der Waals surface area contributed by atoms with Crippen molar-refractivity contribution in [1.82, 2.24) is 4.98 Å². The average molecular weight is 311 g/mol. The van der Waals surface area contributed by atoms with Crippen molar-refractivity contribution in [2.45, 2.75) is 0 Å². The van der Waals surface area contributed by atoms with Gasteiger partial charge < -0.3 is 9.84 Å². The van der Waals surface area contributed by atoms with E-state index in [1.165, 1.54) is 36.5 Å². The number of benzene rings is 1. The molecule has 2 rings (SSSR count). The van der Waals surface area contributed by atoms with Crippen molar-refractivity contribution in [3.05, 3.63) is 51.1 Å². The van der Waals surface area contributed by atoms with Crippen LogP contribution in [0.25, 0.3) is 0 Å². The fourth-order valence-corrected chi connectivity index (χ4v) is 1.57. The fourth-order valence-electron chi connectivity index (χ4n) is 1.25. The third kappa shape index (κ3) is 2.75. The van der Waals surface area contributed by atoms with E-state index in [1.54, 1.807) is 0 Å². The van der Waals surface area contributed by atoms with E-state index in [9.17, 15) is 10.1 Å². The molecule has 18 heavy (non-hydrogen) atoms. The van der Waals surface area contributed by atoms with Gasteiger partial charge in [-0.15, -0.1) is 0 Å². The summed E-state index contributed by atoms with van der Waals surface area (Å²) in [6.45, 7) is 0. The number of phenolic OH excluding ortho intramolecular Hbond substituents is 1. The summed E-state index contributed by atoms with van der Waals surface area (Å²) in [7, 11) is 0. The first-order chi connectivity index (χ1) is 8.56. The number of hydrogen-bond acceptors (Lipinski definition) is 5. The van der Waals surface area contributed by atoms with Crippen LogP contribution in [0.5, 0.6) is 17.4 Å². The van der Waals surface area contributed by atoms with Gasteiger partial charge in [0.2, 0.25) is 0 Å². The second-order valence-electron chi connectivity index (χ2n) is 3.33. The van der Waals surface area contributed by atoms with Crippen LogP contribution in [-0.2, 0) is 0 Å². The Morgan fingerprint density at radius 1 is 1.33 bits per heavy atom. The summed E-state index contributed by atoms with van der Waals surface area (Å²) in [6, 6.07) is 7.12. The van der Waals surface area contributed by atoms with Gasteiger partial charge in [-0.05, 0) is 40.2 Å². The highest BCUT2D eigenvalue weighted by Gasteiger charge is 2.18. The number of phenols is 1. The van der Waals surface area contributed by atoms with Crippen LogP contribution < -0.4 is 4.74 Å². The molecule has 0 saturated heterocycles. The predicted octanol–water partition coefficient (Wildman–Crippen LogP) is 3.25. The highest BCUT2D eigenvalue weighted by Crippen LogP contribution is 2.31. The van der Waals surface area contributed by atoms with Crippen molar-refractivity contribution in [2.75, 3.05) is 0 Å². The number of pyridine rings is 1. The minimum absolute atomic E-state index is 0.0839. The van der Waals surface area contributed by atoms with Gasteiger partial charge in [-0.3, -0.25) is 10.1 Å². The SMILES string of the molecule is O=[N+]([O-])c1cc(Br)cnc1Oc1ccc(O)cc1. The summed E-state index contributed by atoms with van der Waals surface area (Å²) in [4.78, 5) is 14.1. The van der Waals surface area contributed by atoms with E-state index < -0.39 is 4.92 Å². The Kier molecular flexibility index (Phi) is 3.42. The Labute approximate surface area is 110 Å². The first-order valence-electron chi connectivity index (χ1n) is 4.83. The summed E-state index contributed by atoms with van der Waals surface area (Å²) in [5.41, 5.74) is -0.238. The molecule has 0 atom stereocenters. The molecule has 0 saturated carbocycles. The molecule has 0 aliphatic rings. The number of rotatable bonds is 3. The topological polar surface area (TPSA) is 85.5 Å². The Morgan fingerprint density at radius 2 is 2.00 bits per heavy atom. The van der Waals surface area contributed by atoms with Crippen molar-refractivity contribution >= 4 is 21.6 Å². The van der Waals surface area contributed by atoms with E-state index in [0.29, 0.717) is 10.2 Å². The standard InChI is InChI=1S/C11H7BrN2O4/c12-7-5-10(14(16)17)11(13-6-7)18-9-3-1-8(15)2-4-9/h1-6,15H. The first-order valence-corrected chi connectivity index (χ1v) is 5.62. The van der Waals surface area contributed by atoms with Crippen LogP contribution in [0.4, 0.5) is 5.69 Å². The molecule has 0 unspecified atom stereocenters. The lowest BCUT2D eigenvalue weighted by molar-refractivity contribution is -0.386. The van der Waals surface area contributed by atoms with Gasteiger partial charge in [-0.25, -0.2) is 4.98 Å². The molecule has 0 spiro atoms. The molecule has 0 amide bonds. The summed E-state index contributed by atoms with van der Waals surface area (Å²) in [5.74, 6) is 0.334. The lowest BCUT2D eigenvalue weighted by Crippen LogP contribution is -1.95. The average Bonchev–Trinajstić information content (AvgIpc) is 2.34. The lowest BCUT2D eigenvalue weighted by Gasteiger charge is -2.05. The van der Waals surface area contributed by atoms with Crippen LogP contribution in [-0.4, -0.2) is 15.0 Å². The smallest absolute Gasteiger partial charge is 0.332 e. The quantitative estimate of drug-likeness (QED) is 0.694. The molecule has 1 heterocycles. The molecule has 0 aliphatic carbocycles. The molecule has 1 N–H and O–H groups in total. The third-order valence-corrected chi connectivity index (χ3v) is 2.48. The highest BCUT2D eigenvalue weighted by atomic mass is 79.9. The molecule has 7 heteroatoms. The van der Waals surface area contributed by atoms with E-state index in [1.807, 2.05) is 0 Å². The monoisotopic (exact) mass is 310 g/mol. The number of ether oxygens (including phenoxy) is 1. The number of aromatic hydroxyl groups is 1. The molecule has 0 fully saturated rings. The van der Waals surface area contributed by atoms with Crippen molar-refractivity contribution in [2.24, 2.45) is 0 Å². The highest BCUT2D eigenvalue weighted by molar-refractivity contribution is 9.10. The molecule has 92 valence electrons. The first kappa shape index (κ1) is 12.3. The number of nitro groups is 1. The van der Waals surface area contributed by atoms with Gasteiger partial charge in [0.1, 0.15) is 11.5 Å². The van der Waals surface area contributed by atoms with Gasteiger partial charge in [0, 0.05) is 16.7 Å². The van der Waals surface area contributed by atoms with Crippen LogP contribution in [0, 0.1) is 10.1 Å². The molecule has 2 aromatic rings. The zero-order valence-corrected chi connectivity index (χ0v) is 10.5. The third-order valence-electron chi connectivity index (χ3n) is 2.05. The normalized spacial score (nSPS) is 10.1. The Hall–Kier alpha value is -2.15. The molecular weight excluding hydrogens is 304 g/mol. The number of aromatic nitrogens is 1. The van der Waals surface area contributed by atoms with E-state index in [0.717, 1.165) is 0 Å². The van der Waals surface area contributed by atoms with Gasteiger partial charge in [-0.2, -0.15) is 0 Å². The maximum absolute atomic E-state index is 10.8. The second-order valence-corrected chi connectivity index (χ2v) is 4.25. The maximum Gasteiger partial charge on any atom is 0.332 e. The van der Waals surface area contributed by atoms with Crippen LogP contribution >= 0.6 is 15.9 Å². The van der Waals surface area contributed by atoms with Crippen LogP contribution in [0.1, 0.15) is 0 Å². The van der Waals surface area contributed by atoms with E-state index in [-0.39, 0.29) is 17.3 Å². The van der Waals surface area contributed by atoms with Gasteiger partial charge in [0.15, 0.2) is 0 Å². The Bertz CT molecular complexity index is 586. The van der Waals surface area contributed by atoms with Crippen molar-refractivity contribution in [1.29, 1.82) is 0 Å². The minimum atomic E-state index is -0.576. The summed E-state index contributed by atoms with van der Waals surface area (Å²) in [6.07, 6.45) is 1.41. The molecule has 1 aromatic carbocycles. The summed E-state index contributed by atoms with van der Waals surface area (Å²) >= 11 is 3.10. The van der Waals surface area contributed by atoms with Crippen molar-refractivity contribution < 1.29 is 14.8 Å². The summed E-state index contributed by atoms with van der Waals surface area (Å²) in [5, 5.41) is 20.0. The molecular formula is C11H7BrN2O4. The Balaban J connectivity index is 2.34. The number of hydrogen-bond donors (Lipinski definition) is 1. The molecule has 6 nitrogen and oxygen atoms in total. The van der Waals surface area contributed by atoms with E-state index in [2.05, 4.69) is 20.9 Å². The second kappa shape index (κ2) is 5.01. The van der Waals surface area contributed by atoms with Gasteiger partial charge >= 0.3 is 5.69 Å². The number of nitrogens with zero attached hydrogens (tertiary/aromatic N) is 2. The molecule has 0 aliphatic heterocycles. The lowest BCUT2D eigenvalue weighted by atomic mass is 10.3. The molecule has 0 radical (unpaired) electrons. The molecule has 1 aromatic heterocycles.